The molecule has 0 aliphatic rings. The third kappa shape index (κ3) is 9.16. The minimum Gasteiger partial charge on any atom is -0.396 e. The van der Waals surface area contributed by atoms with Crippen molar-refractivity contribution in [3.05, 3.63) is 0 Å². The average Bonchev–Trinajstić information content (AvgIpc) is 2.12. The molecule has 0 aromatic heterocycles. The van der Waals surface area contributed by atoms with E-state index in [2.05, 4.69) is 33.0 Å². The first-order chi connectivity index (χ1) is 7.56. The number of aliphatic hydroxyl groups excluding tert-OH is 1. The molecule has 0 saturated heterocycles. The van der Waals surface area contributed by atoms with Crippen LogP contribution in [0, 0.1) is 16.7 Å². The summed E-state index contributed by atoms with van der Waals surface area (Å²) in [5.41, 5.74) is 0.0347. The Morgan fingerprint density at radius 1 is 1.24 bits per heavy atom. The highest BCUT2D eigenvalue weighted by atomic mass is 16.3. The second kappa shape index (κ2) is 6.39. The second-order valence-electron chi connectivity index (χ2n) is 7.17. The maximum absolute atomic E-state index is 11.7. The molecule has 1 unspecified atom stereocenters. The molecule has 0 saturated carbocycles. The molecular weight excluding hydrogens is 214 g/mol. The van der Waals surface area contributed by atoms with Gasteiger partial charge in [0.1, 0.15) is 0 Å². The van der Waals surface area contributed by atoms with Crippen molar-refractivity contribution in [3.8, 4) is 0 Å². The predicted molar refractivity (Wildman–Crippen MR) is 71.7 cm³/mol. The van der Waals surface area contributed by atoms with Gasteiger partial charge in [-0.15, -0.1) is 0 Å². The Kier molecular flexibility index (Phi) is 6.17. The molecule has 0 bridgehead atoms. The van der Waals surface area contributed by atoms with Crippen molar-refractivity contribution in [2.24, 2.45) is 16.7 Å². The fourth-order valence-electron chi connectivity index (χ4n) is 1.90. The lowest BCUT2D eigenvalue weighted by molar-refractivity contribution is -0.122. The summed E-state index contributed by atoms with van der Waals surface area (Å²) in [6.07, 6.45) is 1.61. The molecule has 0 aromatic rings. The molecule has 1 amide bonds. The molecule has 0 aliphatic heterocycles. The van der Waals surface area contributed by atoms with E-state index in [1.54, 1.807) is 0 Å². The summed E-state index contributed by atoms with van der Waals surface area (Å²) in [6, 6.07) is 0. The average molecular weight is 243 g/mol. The molecule has 102 valence electrons. The number of hydrogen-bond acceptors (Lipinski definition) is 2. The first-order valence-electron chi connectivity index (χ1n) is 6.43. The zero-order chi connectivity index (χ0) is 13.7. The Balaban J connectivity index is 3.95. The van der Waals surface area contributed by atoms with Gasteiger partial charge in [-0.25, -0.2) is 0 Å². The molecule has 0 rings (SSSR count). The minimum absolute atomic E-state index is 0.0864. The van der Waals surface area contributed by atoms with Gasteiger partial charge in [-0.3, -0.25) is 4.79 Å². The normalized spacial score (nSPS) is 14.5. The van der Waals surface area contributed by atoms with Crippen molar-refractivity contribution in [1.82, 2.24) is 5.32 Å². The first kappa shape index (κ1) is 16.4. The van der Waals surface area contributed by atoms with Crippen LogP contribution in [0.4, 0.5) is 0 Å². The maximum Gasteiger partial charge on any atom is 0.220 e. The molecule has 17 heavy (non-hydrogen) atoms. The maximum atomic E-state index is 11.7. The fraction of sp³-hybridized carbons (Fsp3) is 0.929. The van der Waals surface area contributed by atoms with Gasteiger partial charge in [0.15, 0.2) is 0 Å². The van der Waals surface area contributed by atoms with Crippen LogP contribution in [0.1, 0.15) is 54.4 Å². The Labute approximate surface area is 106 Å². The number of rotatable bonds is 6. The molecule has 1 atom stereocenters. The number of hydrogen-bond donors (Lipinski definition) is 2. The molecule has 0 radical (unpaired) electrons. The van der Waals surface area contributed by atoms with Crippen LogP contribution in [-0.2, 0) is 4.79 Å². The van der Waals surface area contributed by atoms with Crippen molar-refractivity contribution in [2.75, 3.05) is 13.2 Å². The fourth-order valence-corrected chi connectivity index (χ4v) is 1.90. The zero-order valence-corrected chi connectivity index (χ0v) is 12.3. The van der Waals surface area contributed by atoms with Crippen LogP contribution in [0.25, 0.3) is 0 Å². The van der Waals surface area contributed by atoms with E-state index in [1.807, 2.05) is 13.8 Å². The van der Waals surface area contributed by atoms with Crippen LogP contribution in [0.3, 0.4) is 0 Å². The third-order valence-corrected chi connectivity index (χ3v) is 2.69. The molecule has 0 aliphatic carbocycles. The van der Waals surface area contributed by atoms with Crippen LogP contribution in [-0.4, -0.2) is 24.2 Å². The largest absolute Gasteiger partial charge is 0.396 e. The van der Waals surface area contributed by atoms with Crippen LogP contribution >= 0.6 is 0 Å². The number of amides is 1. The van der Waals surface area contributed by atoms with Gasteiger partial charge in [0, 0.05) is 25.0 Å². The molecule has 0 aromatic carbocycles. The summed E-state index contributed by atoms with van der Waals surface area (Å²) in [4.78, 5) is 11.7. The van der Waals surface area contributed by atoms with Crippen molar-refractivity contribution in [3.63, 3.8) is 0 Å². The van der Waals surface area contributed by atoms with E-state index in [1.165, 1.54) is 0 Å². The number of carbonyl (C=O) groups excluding carboxylic acids is 1. The summed E-state index contributed by atoms with van der Waals surface area (Å²) in [6.45, 7) is 13.2. The van der Waals surface area contributed by atoms with Gasteiger partial charge in [0.2, 0.25) is 5.91 Å². The van der Waals surface area contributed by atoms with E-state index in [-0.39, 0.29) is 23.3 Å². The zero-order valence-electron chi connectivity index (χ0n) is 12.3. The third-order valence-electron chi connectivity index (χ3n) is 2.69. The lowest BCUT2D eigenvalue weighted by Crippen LogP contribution is -2.36. The Morgan fingerprint density at radius 3 is 2.18 bits per heavy atom. The van der Waals surface area contributed by atoms with Crippen LogP contribution < -0.4 is 5.32 Å². The van der Waals surface area contributed by atoms with E-state index in [9.17, 15) is 4.79 Å². The predicted octanol–water partition coefficient (Wildman–Crippen LogP) is 2.58. The SMILES string of the molecule is CC(CC(=O)NCC(C)(C)CO)CC(C)(C)C. The smallest absolute Gasteiger partial charge is 0.220 e. The molecule has 3 nitrogen and oxygen atoms in total. The van der Waals surface area contributed by atoms with E-state index in [0.717, 1.165) is 6.42 Å². The Morgan fingerprint density at radius 2 is 1.76 bits per heavy atom. The Bertz CT molecular complexity index is 241. The van der Waals surface area contributed by atoms with Crippen molar-refractivity contribution in [1.29, 1.82) is 0 Å². The van der Waals surface area contributed by atoms with E-state index in [4.69, 9.17) is 5.11 Å². The highest BCUT2D eigenvalue weighted by Gasteiger charge is 2.20. The second-order valence-corrected chi connectivity index (χ2v) is 7.17. The van der Waals surface area contributed by atoms with Gasteiger partial charge >= 0.3 is 0 Å². The van der Waals surface area contributed by atoms with Crippen molar-refractivity contribution < 1.29 is 9.90 Å². The summed E-state index contributed by atoms with van der Waals surface area (Å²) in [7, 11) is 0. The van der Waals surface area contributed by atoms with Crippen molar-refractivity contribution in [2.45, 2.75) is 54.4 Å². The highest BCUT2D eigenvalue weighted by Crippen LogP contribution is 2.25. The topological polar surface area (TPSA) is 49.3 Å². The lowest BCUT2D eigenvalue weighted by Gasteiger charge is -2.24. The first-order valence-corrected chi connectivity index (χ1v) is 6.43. The van der Waals surface area contributed by atoms with E-state index >= 15 is 0 Å². The van der Waals surface area contributed by atoms with E-state index in [0.29, 0.717) is 18.9 Å². The van der Waals surface area contributed by atoms with Gasteiger partial charge < -0.3 is 10.4 Å². The minimum atomic E-state index is -0.233. The Hall–Kier alpha value is -0.570. The molecule has 0 fully saturated rings. The molecular formula is C14H29NO2. The molecule has 0 spiro atoms. The van der Waals surface area contributed by atoms with Gasteiger partial charge in [0.05, 0.1) is 0 Å². The molecule has 3 heteroatoms. The standard InChI is InChI=1S/C14H29NO2/c1-11(8-13(2,3)4)7-12(17)15-9-14(5,6)10-16/h11,16H,7-10H2,1-6H3,(H,15,17). The summed E-state index contributed by atoms with van der Waals surface area (Å²) in [5.74, 6) is 0.482. The quantitative estimate of drug-likeness (QED) is 0.753. The number of carbonyl (C=O) groups is 1. The number of aliphatic hydroxyl groups is 1. The van der Waals surface area contributed by atoms with Gasteiger partial charge in [0.25, 0.3) is 0 Å². The van der Waals surface area contributed by atoms with Crippen LogP contribution in [0.2, 0.25) is 0 Å². The van der Waals surface area contributed by atoms with Gasteiger partial charge in [-0.1, -0.05) is 41.5 Å². The van der Waals surface area contributed by atoms with E-state index < -0.39 is 0 Å². The summed E-state index contributed by atoms with van der Waals surface area (Å²) in [5, 5.41) is 12.0. The van der Waals surface area contributed by atoms with Crippen LogP contribution in [0.5, 0.6) is 0 Å². The highest BCUT2D eigenvalue weighted by molar-refractivity contribution is 5.76. The summed E-state index contributed by atoms with van der Waals surface area (Å²) >= 11 is 0. The van der Waals surface area contributed by atoms with Crippen LogP contribution in [0.15, 0.2) is 0 Å². The van der Waals surface area contributed by atoms with Crippen molar-refractivity contribution >= 4 is 5.91 Å². The van der Waals surface area contributed by atoms with Gasteiger partial charge in [-0.05, 0) is 17.8 Å². The van der Waals surface area contributed by atoms with Gasteiger partial charge in [-0.2, -0.15) is 0 Å². The number of nitrogens with one attached hydrogen (secondary N) is 1. The molecule has 2 N–H and O–H groups in total. The summed E-state index contributed by atoms with van der Waals surface area (Å²) < 4.78 is 0. The monoisotopic (exact) mass is 243 g/mol. The molecule has 0 heterocycles. The lowest BCUT2D eigenvalue weighted by atomic mass is 9.84.